The van der Waals surface area contributed by atoms with E-state index in [-0.39, 0.29) is 5.56 Å². The minimum absolute atomic E-state index is 0.0881. The van der Waals surface area contributed by atoms with Crippen molar-refractivity contribution in [1.29, 1.82) is 0 Å². The standard InChI is InChI=1S/C13H15BrN4O/c1-2-4-16-12-6-10(3-5-17-12)8-18-9-15-7-11(14)13(18)19/h3,5-7,9H,2,4,8H2,1H3,(H,16,17). The zero-order chi connectivity index (χ0) is 13.7. The first-order valence-electron chi connectivity index (χ1n) is 6.09. The van der Waals surface area contributed by atoms with Crippen LogP contribution in [0.25, 0.3) is 0 Å². The lowest BCUT2D eigenvalue weighted by molar-refractivity contribution is 0.730. The fourth-order valence-corrected chi connectivity index (χ4v) is 2.00. The van der Waals surface area contributed by atoms with Crippen LogP contribution in [0.4, 0.5) is 5.82 Å². The molecule has 0 amide bonds. The van der Waals surface area contributed by atoms with Crippen molar-refractivity contribution in [3.8, 4) is 0 Å². The summed E-state index contributed by atoms with van der Waals surface area (Å²) in [5, 5.41) is 3.22. The van der Waals surface area contributed by atoms with Crippen molar-refractivity contribution in [3.63, 3.8) is 0 Å². The molecule has 19 heavy (non-hydrogen) atoms. The van der Waals surface area contributed by atoms with Crippen LogP contribution >= 0.6 is 15.9 Å². The highest BCUT2D eigenvalue weighted by molar-refractivity contribution is 9.10. The summed E-state index contributed by atoms with van der Waals surface area (Å²) in [5.41, 5.74) is 0.922. The second-order valence-electron chi connectivity index (χ2n) is 4.15. The van der Waals surface area contributed by atoms with Gasteiger partial charge in [0.2, 0.25) is 0 Å². The molecule has 1 N–H and O–H groups in total. The van der Waals surface area contributed by atoms with Gasteiger partial charge in [-0.25, -0.2) is 9.97 Å². The molecule has 0 aliphatic rings. The Balaban J connectivity index is 2.19. The average molecular weight is 323 g/mol. The fraction of sp³-hybridized carbons (Fsp3) is 0.308. The molecule has 0 bridgehead atoms. The van der Waals surface area contributed by atoms with E-state index in [4.69, 9.17) is 0 Å². The summed E-state index contributed by atoms with van der Waals surface area (Å²) in [7, 11) is 0. The number of anilines is 1. The monoisotopic (exact) mass is 322 g/mol. The second-order valence-corrected chi connectivity index (χ2v) is 5.01. The predicted octanol–water partition coefficient (Wildman–Crippen LogP) is 2.27. The van der Waals surface area contributed by atoms with Crippen molar-refractivity contribution < 1.29 is 0 Å². The van der Waals surface area contributed by atoms with Gasteiger partial charge in [-0.3, -0.25) is 9.36 Å². The van der Waals surface area contributed by atoms with Gasteiger partial charge in [0.15, 0.2) is 0 Å². The van der Waals surface area contributed by atoms with Crippen molar-refractivity contribution in [3.05, 3.63) is 51.2 Å². The number of halogens is 1. The topological polar surface area (TPSA) is 59.8 Å². The second kappa shape index (κ2) is 6.47. The molecule has 5 nitrogen and oxygen atoms in total. The first kappa shape index (κ1) is 13.7. The van der Waals surface area contributed by atoms with Gasteiger partial charge in [0.1, 0.15) is 10.3 Å². The number of hydrogen-bond donors (Lipinski definition) is 1. The molecular weight excluding hydrogens is 308 g/mol. The minimum Gasteiger partial charge on any atom is -0.370 e. The molecule has 2 aromatic rings. The Bertz CT molecular complexity index is 612. The molecule has 0 aliphatic heterocycles. The number of nitrogens with zero attached hydrogens (tertiary/aromatic N) is 3. The Labute approximate surface area is 119 Å². The van der Waals surface area contributed by atoms with Crippen molar-refractivity contribution in [2.75, 3.05) is 11.9 Å². The van der Waals surface area contributed by atoms with E-state index in [2.05, 4.69) is 38.1 Å². The van der Waals surface area contributed by atoms with Gasteiger partial charge in [0.25, 0.3) is 5.56 Å². The van der Waals surface area contributed by atoms with Crippen LogP contribution in [0, 0.1) is 0 Å². The van der Waals surface area contributed by atoms with Gasteiger partial charge >= 0.3 is 0 Å². The van der Waals surface area contributed by atoms with Gasteiger partial charge in [-0.05, 0) is 40.0 Å². The zero-order valence-corrected chi connectivity index (χ0v) is 12.2. The third-order valence-corrected chi connectivity index (χ3v) is 3.14. The normalized spacial score (nSPS) is 10.4. The van der Waals surface area contributed by atoms with Crippen molar-refractivity contribution in [2.24, 2.45) is 0 Å². The highest BCUT2D eigenvalue weighted by Crippen LogP contribution is 2.08. The summed E-state index contributed by atoms with van der Waals surface area (Å²) < 4.78 is 2.02. The molecule has 0 unspecified atom stereocenters. The summed E-state index contributed by atoms with van der Waals surface area (Å²) in [6.07, 6.45) is 5.82. The van der Waals surface area contributed by atoms with Crippen LogP contribution in [0.3, 0.4) is 0 Å². The molecule has 0 saturated heterocycles. The largest absolute Gasteiger partial charge is 0.370 e. The van der Waals surface area contributed by atoms with E-state index in [0.29, 0.717) is 11.0 Å². The van der Waals surface area contributed by atoms with Gasteiger partial charge in [0.05, 0.1) is 12.9 Å². The molecule has 0 radical (unpaired) electrons. The van der Waals surface area contributed by atoms with E-state index in [1.165, 1.54) is 12.5 Å². The quantitative estimate of drug-likeness (QED) is 0.917. The van der Waals surface area contributed by atoms with Crippen LogP contribution < -0.4 is 10.9 Å². The molecule has 0 aliphatic carbocycles. The SMILES string of the molecule is CCCNc1cc(Cn2cncc(Br)c2=O)ccn1. The third kappa shape index (κ3) is 3.64. The van der Waals surface area contributed by atoms with Crippen molar-refractivity contribution >= 4 is 21.7 Å². The molecule has 6 heteroatoms. The number of pyridine rings is 1. The maximum atomic E-state index is 11.9. The number of aromatic nitrogens is 3. The van der Waals surface area contributed by atoms with Gasteiger partial charge in [-0.1, -0.05) is 6.92 Å². The van der Waals surface area contributed by atoms with Crippen LogP contribution in [-0.4, -0.2) is 21.1 Å². The summed E-state index contributed by atoms with van der Waals surface area (Å²) in [5.74, 6) is 0.829. The molecule has 0 aromatic carbocycles. The number of rotatable bonds is 5. The van der Waals surface area contributed by atoms with Crippen LogP contribution in [0.2, 0.25) is 0 Å². The first-order chi connectivity index (χ1) is 9.20. The lowest BCUT2D eigenvalue weighted by Gasteiger charge is -2.08. The molecule has 0 atom stereocenters. The van der Waals surface area contributed by atoms with Gasteiger partial charge in [-0.15, -0.1) is 0 Å². The molecule has 2 rings (SSSR count). The number of hydrogen-bond acceptors (Lipinski definition) is 4. The third-order valence-electron chi connectivity index (χ3n) is 2.59. The van der Waals surface area contributed by atoms with Crippen LogP contribution in [-0.2, 0) is 6.54 Å². The Morgan fingerprint density at radius 2 is 2.32 bits per heavy atom. The Hall–Kier alpha value is -1.69. The van der Waals surface area contributed by atoms with E-state index in [1.807, 2.05) is 12.1 Å². The molecule has 2 aromatic heterocycles. The summed E-state index contributed by atoms with van der Waals surface area (Å²) in [6.45, 7) is 3.47. The molecule has 0 saturated carbocycles. The molecular formula is C13H15BrN4O. The first-order valence-corrected chi connectivity index (χ1v) is 6.88. The smallest absolute Gasteiger partial charge is 0.267 e. The van der Waals surface area contributed by atoms with Gasteiger partial charge < -0.3 is 5.32 Å². The van der Waals surface area contributed by atoms with Crippen LogP contribution in [0.1, 0.15) is 18.9 Å². The van der Waals surface area contributed by atoms with E-state index in [1.54, 1.807) is 10.8 Å². The van der Waals surface area contributed by atoms with E-state index < -0.39 is 0 Å². The lowest BCUT2D eigenvalue weighted by Crippen LogP contribution is -2.21. The van der Waals surface area contributed by atoms with Crippen molar-refractivity contribution in [1.82, 2.24) is 14.5 Å². The van der Waals surface area contributed by atoms with E-state index in [0.717, 1.165) is 24.3 Å². The summed E-state index contributed by atoms with van der Waals surface area (Å²) in [6, 6.07) is 3.84. The van der Waals surface area contributed by atoms with Gasteiger partial charge in [-0.2, -0.15) is 0 Å². The molecule has 0 spiro atoms. The fourth-order valence-electron chi connectivity index (χ4n) is 1.66. The maximum Gasteiger partial charge on any atom is 0.267 e. The highest BCUT2D eigenvalue weighted by Gasteiger charge is 2.03. The molecule has 2 heterocycles. The average Bonchev–Trinajstić information content (AvgIpc) is 2.42. The zero-order valence-electron chi connectivity index (χ0n) is 10.6. The predicted molar refractivity (Wildman–Crippen MR) is 78.3 cm³/mol. The van der Waals surface area contributed by atoms with Gasteiger partial charge in [0, 0.05) is 18.9 Å². The highest BCUT2D eigenvalue weighted by atomic mass is 79.9. The van der Waals surface area contributed by atoms with E-state index in [9.17, 15) is 4.79 Å². The summed E-state index contributed by atoms with van der Waals surface area (Å²) in [4.78, 5) is 20.1. The Kier molecular flexibility index (Phi) is 4.68. The van der Waals surface area contributed by atoms with Crippen molar-refractivity contribution in [2.45, 2.75) is 19.9 Å². The number of nitrogens with one attached hydrogen (secondary N) is 1. The summed E-state index contributed by atoms with van der Waals surface area (Å²) >= 11 is 3.19. The van der Waals surface area contributed by atoms with E-state index >= 15 is 0 Å². The lowest BCUT2D eigenvalue weighted by atomic mass is 10.2. The van der Waals surface area contributed by atoms with Crippen LogP contribution in [0.15, 0.2) is 40.1 Å². The Morgan fingerprint density at radius 3 is 3.11 bits per heavy atom. The Morgan fingerprint density at radius 1 is 1.47 bits per heavy atom. The minimum atomic E-state index is -0.0881. The van der Waals surface area contributed by atoms with Crippen LogP contribution in [0.5, 0.6) is 0 Å². The maximum absolute atomic E-state index is 11.9. The molecule has 0 fully saturated rings. The molecule has 100 valence electrons.